The topological polar surface area (TPSA) is 61.4 Å². The van der Waals surface area contributed by atoms with Crippen molar-refractivity contribution in [1.29, 1.82) is 0 Å². The number of anilines is 1. The van der Waals surface area contributed by atoms with E-state index in [2.05, 4.69) is 10.6 Å². The molecule has 2 N–H and O–H groups in total. The minimum atomic E-state index is -0.566. The second-order valence-corrected chi connectivity index (χ2v) is 6.83. The molecule has 0 fully saturated rings. The van der Waals surface area contributed by atoms with Crippen molar-refractivity contribution < 1.29 is 9.59 Å². The Bertz CT molecular complexity index is 877. The van der Waals surface area contributed by atoms with E-state index in [1.165, 1.54) is 4.90 Å². The van der Waals surface area contributed by atoms with Gasteiger partial charge in [-0.15, -0.1) is 0 Å². The molecule has 0 saturated heterocycles. The Morgan fingerprint density at radius 1 is 1.04 bits per heavy atom. The van der Waals surface area contributed by atoms with Crippen molar-refractivity contribution in [2.24, 2.45) is 0 Å². The molecule has 7 heteroatoms. The molecule has 1 aliphatic rings. The molecule has 5 nitrogen and oxygen atoms in total. The van der Waals surface area contributed by atoms with Crippen molar-refractivity contribution in [3.63, 3.8) is 0 Å². The molecule has 0 aromatic heterocycles. The summed E-state index contributed by atoms with van der Waals surface area (Å²) < 4.78 is 0. The third-order valence-corrected chi connectivity index (χ3v) is 4.81. The van der Waals surface area contributed by atoms with Crippen LogP contribution in [0.5, 0.6) is 0 Å². The molecule has 0 saturated carbocycles. The van der Waals surface area contributed by atoms with Gasteiger partial charge < -0.3 is 15.5 Å². The lowest BCUT2D eigenvalue weighted by Gasteiger charge is -2.33. The minimum absolute atomic E-state index is 0.273. The number of allylic oxidation sites excluding steroid dienone is 1. The second-order valence-electron chi connectivity index (χ2n) is 5.95. The maximum absolute atomic E-state index is 13.0. The summed E-state index contributed by atoms with van der Waals surface area (Å²) in [4.78, 5) is 26.6. The zero-order valence-electron chi connectivity index (χ0n) is 14.2. The highest BCUT2D eigenvalue weighted by molar-refractivity contribution is 6.30. The van der Waals surface area contributed by atoms with Crippen LogP contribution in [0, 0.1) is 0 Å². The van der Waals surface area contributed by atoms with Gasteiger partial charge in [-0.2, -0.15) is 0 Å². The molecule has 3 amide bonds. The number of hydrogen-bond donors (Lipinski definition) is 2. The van der Waals surface area contributed by atoms with Gasteiger partial charge in [-0.05, 0) is 48.9 Å². The quantitative estimate of drug-likeness (QED) is 0.805. The first-order valence-corrected chi connectivity index (χ1v) is 8.70. The van der Waals surface area contributed by atoms with Crippen molar-refractivity contribution in [1.82, 2.24) is 10.2 Å². The standard InChI is InChI=1S/C19H17Cl2N3O2/c1-11-16(18(25)22-15-9-7-14(21)8-10-15)17(23-19(26)24(11)2)12-3-5-13(20)6-4-12/h3-10,17H,1-2H3,(H,22,25)(H,23,26)/t17-/m0/s1. The molecular formula is C19H17Cl2N3O2. The third kappa shape index (κ3) is 3.69. The summed E-state index contributed by atoms with van der Waals surface area (Å²) in [7, 11) is 1.62. The number of hydrogen-bond acceptors (Lipinski definition) is 2. The molecule has 26 heavy (non-hydrogen) atoms. The number of amides is 3. The Balaban J connectivity index is 1.97. The molecule has 2 aromatic rings. The van der Waals surface area contributed by atoms with Gasteiger partial charge in [0.05, 0.1) is 11.6 Å². The fourth-order valence-electron chi connectivity index (χ4n) is 2.77. The summed E-state index contributed by atoms with van der Waals surface area (Å²) in [6.45, 7) is 1.75. The Morgan fingerprint density at radius 2 is 1.58 bits per heavy atom. The van der Waals surface area contributed by atoms with E-state index < -0.39 is 6.04 Å². The van der Waals surface area contributed by atoms with Gasteiger partial charge in [-0.3, -0.25) is 4.79 Å². The largest absolute Gasteiger partial charge is 0.327 e. The summed E-state index contributed by atoms with van der Waals surface area (Å²) in [5.41, 5.74) is 2.44. The molecule has 1 heterocycles. The van der Waals surface area contributed by atoms with Crippen LogP contribution < -0.4 is 10.6 Å². The summed E-state index contributed by atoms with van der Waals surface area (Å²) >= 11 is 11.8. The lowest BCUT2D eigenvalue weighted by Crippen LogP contribution is -2.46. The van der Waals surface area contributed by atoms with Gasteiger partial charge in [-0.1, -0.05) is 35.3 Å². The minimum Gasteiger partial charge on any atom is -0.327 e. The lowest BCUT2D eigenvalue weighted by atomic mass is 9.94. The number of benzene rings is 2. The number of carbonyl (C=O) groups is 2. The van der Waals surface area contributed by atoms with Crippen molar-refractivity contribution >= 4 is 40.8 Å². The van der Waals surface area contributed by atoms with E-state index >= 15 is 0 Å². The van der Waals surface area contributed by atoms with Crippen LogP contribution >= 0.6 is 23.2 Å². The highest BCUT2D eigenvalue weighted by Gasteiger charge is 2.34. The number of carbonyl (C=O) groups excluding carboxylic acids is 2. The van der Waals surface area contributed by atoms with E-state index in [-0.39, 0.29) is 11.9 Å². The molecule has 2 aromatic carbocycles. The Kier molecular flexibility index (Phi) is 5.20. The van der Waals surface area contributed by atoms with Gasteiger partial charge in [0.25, 0.3) is 5.91 Å². The summed E-state index contributed by atoms with van der Waals surface area (Å²) in [5.74, 6) is -0.295. The van der Waals surface area contributed by atoms with Crippen molar-refractivity contribution in [3.05, 3.63) is 75.4 Å². The molecule has 134 valence electrons. The van der Waals surface area contributed by atoms with Crippen LogP contribution in [0.25, 0.3) is 0 Å². The zero-order valence-corrected chi connectivity index (χ0v) is 15.7. The first-order valence-electron chi connectivity index (χ1n) is 7.94. The third-order valence-electron chi connectivity index (χ3n) is 4.30. The molecule has 1 atom stereocenters. The fourth-order valence-corrected chi connectivity index (χ4v) is 3.02. The van der Waals surface area contributed by atoms with Gasteiger partial charge in [0.1, 0.15) is 0 Å². The van der Waals surface area contributed by atoms with E-state index in [0.29, 0.717) is 27.0 Å². The van der Waals surface area contributed by atoms with Gasteiger partial charge in [0.15, 0.2) is 0 Å². The predicted octanol–water partition coefficient (Wildman–Crippen LogP) is 4.60. The molecule has 0 radical (unpaired) electrons. The van der Waals surface area contributed by atoms with Gasteiger partial charge in [0, 0.05) is 28.5 Å². The SMILES string of the molecule is CC1=C(C(=O)Nc2ccc(Cl)cc2)[C@H](c2ccc(Cl)cc2)NC(=O)N1C. The number of urea groups is 1. The van der Waals surface area contributed by atoms with Crippen molar-refractivity contribution in [2.45, 2.75) is 13.0 Å². The predicted molar refractivity (Wildman–Crippen MR) is 103 cm³/mol. The smallest absolute Gasteiger partial charge is 0.322 e. The van der Waals surface area contributed by atoms with Crippen LogP contribution in [0.2, 0.25) is 10.0 Å². The van der Waals surface area contributed by atoms with Crippen LogP contribution in [0.4, 0.5) is 10.5 Å². The van der Waals surface area contributed by atoms with E-state index in [0.717, 1.165) is 5.56 Å². The van der Waals surface area contributed by atoms with E-state index in [4.69, 9.17) is 23.2 Å². The maximum atomic E-state index is 13.0. The number of rotatable bonds is 3. The van der Waals surface area contributed by atoms with Gasteiger partial charge >= 0.3 is 6.03 Å². The maximum Gasteiger partial charge on any atom is 0.322 e. The van der Waals surface area contributed by atoms with Crippen molar-refractivity contribution in [3.8, 4) is 0 Å². The van der Waals surface area contributed by atoms with Crippen LogP contribution in [-0.2, 0) is 4.79 Å². The van der Waals surface area contributed by atoms with Crippen molar-refractivity contribution in [2.75, 3.05) is 12.4 Å². The second kappa shape index (κ2) is 7.40. The molecule has 1 aliphatic heterocycles. The average molecular weight is 390 g/mol. The summed E-state index contributed by atoms with van der Waals surface area (Å²) in [6, 6.07) is 13.0. The van der Waals surface area contributed by atoms with E-state index in [9.17, 15) is 9.59 Å². The van der Waals surface area contributed by atoms with E-state index in [1.807, 2.05) is 0 Å². The first kappa shape index (κ1) is 18.3. The number of nitrogens with zero attached hydrogens (tertiary/aromatic N) is 1. The van der Waals surface area contributed by atoms with E-state index in [1.54, 1.807) is 62.5 Å². The molecule has 0 bridgehead atoms. The molecular weight excluding hydrogens is 373 g/mol. The van der Waals surface area contributed by atoms with Crippen LogP contribution in [0.3, 0.4) is 0 Å². The monoisotopic (exact) mass is 389 g/mol. The Hall–Kier alpha value is -2.50. The molecule has 0 unspecified atom stereocenters. The van der Waals surface area contributed by atoms with Crippen LogP contribution in [-0.4, -0.2) is 23.9 Å². The lowest BCUT2D eigenvalue weighted by molar-refractivity contribution is -0.113. The molecule has 3 rings (SSSR count). The zero-order chi connectivity index (χ0) is 18.8. The average Bonchev–Trinajstić information content (AvgIpc) is 2.62. The fraction of sp³-hybridized carbons (Fsp3) is 0.158. The molecule has 0 aliphatic carbocycles. The van der Waals surface area contributed by atoms with Gasteiger partial charge in [-0.25, -0.2) is 4.79 Å². The van der Waals surface area contributed by atoms with Gasteiger partial charge in [0.2, 0.25) is 0 Å². The highest BCUT2D eigenvalue weighted by Crippen LogP contribution is 2.31. The van der Waals surface area contributed by atoms with Crippen LogP contribution in [0.1, 0.15) is 18.5 Å². The molecule has 0 spiro atoms. The Labute approximate surface area is 161 Å². The number of nitrogens with one attached hydrogen (secondary N) is 2. The highest BCUT2D eigenvalue weighted by atomic mass is 35.5. The number of halogens is 2. The Morgan fingerprint density at radius 3 is 2.15 bits per heavy atom. The summed E-state index contributed by atoms with van der Waals surface area (Å²) in [6.07, 6.45) is 0. The summed E-state index contributed by atoms with van der Waals surface area (Å²) in [5, 5.41) is 6.89. The van der Waals surface area contributed by atoms with Crippen LogP contribution in [0.15, 0.2) is 59.8 Å². The normalized spacial score (nSPS) is 17.2. The first-order chi connectivity index (χ1) is 12.4.